The van der Waals surface area contributed by atoms with Crippen molar-refractivity contribution in [1.29, 1.82) is 0 Å². The molecule has 3 aromatic rings. The summed E-state index contributed by atoms with van der Waals surface area (Å²) in [7, 11) is 0. The van der Waals surface area contributed by atoms with Gasteiger partial charge in [0.1, 0.15) is 11.6 Å². The van der Waals surface area contributed by atoms with E-state index in [0.717, 1.165) is 29.2 Å². The summed E-state index contributed by atoms with van der Waals surface area (Å²) in [5.74, 6) is -1.46. The van der Waals surface area contributed by atoms with Gasteiger partial charge in [0.15, 0.2) is 5.82 Å². The van der Waals surface area contributed by atoms with Crippen molar-refractivity contribution in [2.45, 2.75) is 39.3 Å². The molecule has 192 valence electrons. The van der Waals surface area contributed by atoms with E-state index < -0.39 is 17.7 Å². The summed E-state index contributed by atoms with van der Waals surface area (Å²) in [6.07, 6.45) is 1.58. The first-order valence-electron chi connectivity index (χ1n) is 11.9. The van der Waals surface area contributed by atoms with Gasteiger partial charge in [0.25, 0.3) is 0 Å². The molecule has 1 saturated heterocycles. The first kappa shape index (κ1) is 24.4. The fourth-order valence-corrected chi connectivity index (χ4v) is 4.64. The number of nitrogens with one attached hydrogen (secondary N) is 1. The zero-order valence-corrected chi connectivity index (χ0v) is 20.1. The van der Waals surface area contributed by atoms with Gasteiger partial charge in [-0.25, -0.2) is 28.3 Å². The van der Waals surface area contributed by atoms with Crippen LogP contribution in [0.5, 0.6) is 0 Å². The molecule has 0 aliphatic carbocycles. The number of hydrogen-bond acceptors (Lipinski definition) is 5. The van der Waals surface area contributed by atoms with Crippen molar-refractivity contribution < 1.29 is 23.2 Å². The molecule has 2 aliphatic heterocycles. The minimum absolute atomic E-state index is 0.0819. The smallest absolute Gasteiger partial charge is 0.334 e. The molecule has 5 rings (SSSR count). The van der Waals surface area contributed by atoms with Crippen LogP contribution in [0.25, 0.3) is 5.69 Å². The maximum atomic E-state index is 14.5. The van der Waals surface area contributed by atoms with Gasteiger partial charge in [0.2, 0.25) is 11.8 Å². The maximum Gasteiger partial charge on any atom is 0.334 e. The number of nitrogens with zero attached hydrogens (tertiary/aromatic N) is 5. The van der Waals surface area contributed by atoms with Gasteiger partial charge in [-0.15, -0.1) is 0 Å². The van der Waals surface area contributed by atoms with Gasteiger partial charge in [-0.2, -0.15) is 5.10 Å². The Balaban J connectivity index is 1.48. The van der Waals surface area contributed by atoms with Crippen LogP contribution in [-0.2, 0) is 22.7 Å². The number of hydrogen-bond donors (Lipinski definition) is 2. The Kier molecular flexibility index (Phi) is 6.34. The van der Waals surface area contributed by atoms with Crippen molar-refractivity contribution in [2.75, 3.05) is 21.8 Å². The fraction of sp³-hybridized carbons (Fsp3) is 0.280. The Morgan fingerprint density at radius 1 is 1.11 bits per heavy atom. The molecule has 12 heteroatoms. The second-order valence-electron chi connectivity index (χ2n) is 8.82. The standard InChI is InChI=1S/C25H25F2N7O3/c1-2-22(35)29-24-18-13-31(34(25(28)37)21-10-5-15(26)12-19(21)27)14-20(18)30-33(24)17-8-6-16(7-9-17)32-11-3-4-23(32)36/h5-10,12H,2-4,11,13-14H2,1H3,(H2,28,37)(H,29,35). The summed E-state index contributed by atoms with van der Waals surface area (Å²) < 4.78 is 29.5. The van der Waals surface area contributed by atoms with E-state index in [1.54, 1.807) is 16.5 Å². The molecule has 0 bridgehead atoms. The minimum Gasteiger partial charge on any atom is -0.350 e. The van der Waals surface area contributed by atoms with E-state index in [4.69, 9.17) is 5.73 Å². The lowest BCUT2D eigenvalue weighted by molar-refractivity contribution is -0.117. The van der Waals surface area contributed by atoms with E-state index in [-0.39, 0.29) is 37.0 Å². The molecule has 2 aliphatic rings. The predicted octanol–water partition coefficient (Wildman–Crippen LogP) is 3.44. The van der Waals surface area contributed by atoms with Crippen LogP contribution >= 0.6 is 0 Å². The number of benzene rings is 2. The molecule has 1 aromatic heterocycles. The normalized spacial score (nSPS) is 15.2. The number of carbonyl (C=O) groups excluding carboxylic acids is 3. The number of hydrazine groups is 1. The molecular weight excluding hydrogens is 484 g/mol. The third-order valence-corrected chi connectivity index (χ3v) is 6.43. The van der Waals surface area contributed by atoms with Crippen LogP contribution in [-0.4, -0.2) is 39.2 Å². The van der Waals surface area contributed by atoms with Gasteiger partial charge in [-0.3, -0.25) is 9.59 Å². The van der Waals surface area contributed by atoms with Crippen molar-refractivity contribution in [2.24, 2.45) is 5.73 Å². The second-order valence-corrected chi connectivity index (χ2v) is 8.82. The lowest BCUT2D eigenvalue weighted by Crippen LogP contribution is -2.47. The quantitative estimate of drug-likeness (QED) is 0.528. The molecule has 0 spiro atoms. The Morgan fingerprint density at radius 3 is 2.46 bits per heavy atom. The van der Waals surface area contributed by atoms with Crippen LogP contribution in [0.1, 0.15) is 37.4 Å². The summed E-state index contributed by atoms with van der Waals surface area (Å²) in [6, 6.07) is 9.18. The summed E-state index contributed by atoms with van der Waals surface area (Å²) >= 11 is 0. The number of halogens is 2. The van der Waals surface area contributed by atoms with Crippen LogP contribution in [0.2, 0.25) is 0 Å². The average molecular weight is 510 g/mol. The molecule has 2 aromatic carbocycles. The third kappa shape index (κ3) is 4.51. The van der Waals surface area contributed by atoms with Crippen LogP contribution < -0.4 is 21.0 Å². The lowest BCUT2D eigenvalue weighted by atomic mass is 10.2. The molecular formula is C25H25F2N7O3. The molecule has 0 unspecified atom stereocenters. The van der Waals surface area contributed by atoms with Crippen LogP contribution in [0.3, 0.4) is 0 Å². The largest absolute Gasteiger partial charge is 0.350 e. The predicted molar refractivity (Wildman–Crippen MR) is 132 cm³/mol. The van der Waals surface area contributed by atoms with E-state index in [2.05, 4.69) is 10.4 Å². The van der Waals surface area contributed by atoms with Gasteiger partial charge in [-0.1, -0.05) is 6.92 Å². The SMILES string of the molecule is CCC(=O)Nc1c2c(nn1-c1ccc(N3CCCC3=O)cc1)CN(N(C(N)=O)c1ccc(F)cc1F)C2. The Hall–Kier alpha value is -4.32. The number of anilines is 3. The monoisotopic (exact) mass is 509 g/mol. The zero-order chi connectivity index (χ0) is 26.3. The van der Waals surface area contributed by atoms with Crippen molar-refractivity contribution in [3.8, 4) is 5.69 Å². The lowest BCUT2D eigenvalue weighted by Gasteiger charge is -2.30. The van der Waals surface area contributed by atoms with Gasteiger partial charge in [-0.05, 0) is 42.8 Å². The second kappa shape index (κ2) is 9.62. The number of primary amides is 1. The van der Waals surface area contributed by atoms with Crippen molar-refractivity contribution in [3.63, 3.8) is 0 Å². The van der Waals surface area contributed by atoms with Gasteiger partial charge in [0, 0.05) is 43.2 Å². The fourth-order valence-electron chi connectivity index (χ4n) is 4.64. The molecule has 1 fully saturated rings. The average Bonchev–Trinajstić information content (AvgIpc) is 3.56. The zero-order valence-electron chi connectivity index (χ0n) is 20.1. The topological polar surface area (TPSA) is 117 Å². The molecule has 3 N–H and O–H groups in total. The highest BCUT2D eigenvalue weighted by Gasteiger charge is 2.35. The van der Waals surface area contributed by atoms with E-state index in [0.29, 0.717) is 41.8 Å². The highest BCUT2D eigenvalue weighted by Crippen LogP contribution is 2.35. The number of aromatic nitrogens is 2. The number of fused-ring (bicyclic) bond motifs is 1. The van der Waals surface area contributed by atoms with Crippen molar-refractivity contribution in [3.05, 3.63) is 65.4 Å². The summed E-state index contributed by atoms with van der Waals surface area (Å²) in [5, 5.41) is 9.95. The molecule has 0 radical (unpaired) electrons. The molecule has 37 heavy (non-hydrogen) atoms. The number of urea groups is 1. The Labute approximate surface area is 211 Å². The molecule has 4 amide bonds. The number of nitrogens with two attached hydrogens (primary N) is 1. The van der Waals surface area contributed by atoms with Gasteiger partial charge < -0.3 is 16.0 Å². The highest BCUT2D eigenvalue weighted by molar-refractivity contribution is 5.95. The summed E-state index contributed by atoms with van der Waals surface area (Å²) in [6.45, 7) is 2.58. The van der Waals surface area contributed by atoms with Gasteiger partial charge in [0.05, 0.1) is 23.6 Å². The van der Waals surface area contributed by atoms with E-state index in [1.165, 1.54) is 5.01 Å². The van der Waals surface area contributed by atoms with E-state index in [1.807, 2.05) is 24.3 Å². The van der Waals surface area contributed by atoms with Crippen molar-refractivity contribution >= 4 is 35.0 Å². The number of amides is 4. The Morgan fingerprint density at radius 2 is 1.84 bits per heavy atom. The Bertz CT molecular complexity index is 1390. The molecule has 0 saturated carbocycles. The van der Waals surface area contributed by atoms with E-state index >= 15 is 0 Å². The van der Waals surface area contributed by atoms with Crippen LogP contribution in [0.15, 0.2) is 42.5 Å². The first-order chi connectivity index (χ1) is 17.8. The van der Waals surface area contributed by atoms with Gasteiger partial charge >= 0.3 is 6.03 Å². The minimum atomic E-state index is -0.949. The third-order valence-electron chi connectivity index (χ3n) is 6.43. The van der Waals surface area contributed by atoms with Crippen LogP contribution in [0.4, 0.5) is 30.8 Å². The highest BCUT2D eigenvalue weighted by atomic mass is 19.1. The molecule has 10 nitrogen and oxygen atoms in total. The van der Waals surface area contributed by atoms with Crippen molar-refractivity contribution in [1.82, 2.24) is 14.8 Å². The van der Waals surface area contributed by atoms with Crippen LogP contribution in [0, 0.1) is 11.6 Å². The molecule has 0 atom stereocenters. The summed E-state index contributed by atoms with van der Waals surface area (Å²) in [4.78, 5) is 38.5. The van der Waals surface area contributed by atoms with E-state index in [9.17, 15) is 23.2 Å². The summed E-state index contributed by atoms with van der Waals surface area (Å²) in [5.41, 5.74) is 8.00. The molecule has 3 heterocycles. The first-order valence-corrected chi connectivity index (χ1v) is 11.9. The number of carbonyl (C=O) groups is 3. The number of rotatable bonds is 6. The maximum absolute atomic E-state index is 14.5.